The number of rotatable bonds is 34. The molecule has 4 amide bonds. The number of hydrogen-bond donors (Lipinski definition) is 8. The van der Waals surface area contributed by atoms with E-state index in [9.17, 15) is 91.1 Å². The molecule has 0 bridgehead atoms. The summed E-state index contributed by atoms with van der Waals surface area (Å²) in [5.74, 6) is -11.0. The molecule has 0 aromatic rings. The van der Waals surface area contributed by atoms with Crippen LogP contribution in [-0.2, 0) is 139 Å². The van der Waals surface area contributed by atoms with Gasteiger partial charge in [-0.3, -0.25) is 76.7 Å². The molecule has 0 fully saturated rings. The number of hydrogen-bond acceptors (Lipinski definition) is 32. The Morgan fingerprint density at radius 3 is 0.590 bits per heavy atom. The number of carbonyl (C=O) groups is 20. The molecular weight excluding hydrogens is 1830 g/mol. The molecule has 0 aliphatic rings. The van der Waals surface area contributed by atoms with Crippen LogP contribution in [0.25, 0.3) is 0 Å². The van der Waals surface area contributed by atoms with Crippen molar-refractivity contribution < 1.29 is 226 Å². The summed E-state index contributed by atoms with van der Waals surface area (Å²) >= 11 is 0. The van der Waals surface area contributed by atoms with Crippen LogP contribution < -0.4 is 82.2 Å². The van der Waals surface area contributed by atoms with Gasteiger partial charge in [-0.2, -0.15) is 0 Å². The minimum absolute atomic E-state index is 0. The van der Waals surface area contributed by atoms with Gasteiger partial charge in [-0.1, -0.05) is 55.4 Å². The smallest absolute Gasteiger partial charge is 1.00 e. The molecule has 12 N–H and O–H groups in total. The Balaban J connectivity index is -0.000000122. The second-order valence-electron chi connectivity index (χ2n) is 46.1. The fourth-order valence-corrected chi connectivity index (χ4v) is 9.33. The van der Waals surface area contributed by atoms with E-state index >= 15 is 0 Å². The van der Waals surface area contributed by atoms with Crippen molar-refractivity contribution in [3.8, 4) is 0 Å². The summed E-state index contributed by atoms with van der Waals surface area (Å²) in [4.78, 5) is 232. The van der Waals surface area contributed by atoms with Gasteiger partial charge in [0.15, 0.2) is 28.3 Å². The molecule has 43 heteroatoms. The largest absolute Gasteiger partial charge is 1.00 e. The van der Waals surface area contributed by atoms with E-state index in [0.29, 0.717) is 0 Å². The van der Waals surface area contributed by atoms with Crippen molar-refractivity contribution in [2.45, 2.75) is 412 Å². The van der Waals surface area contributed by atoms with Crippen molar-refractivity contribution in [3.05, 3.63) is 6.92 Å². The van der Waals surface area contributed by atoms with Crippen molar-refractivity contribution >= 4 is 119 Å². The number of carboxylic acid groups (broad SMARTS) is 4. The second-order valence-corrected chi connectivity index (χ2v) is 46.1. The summed E-state index contributed by atoms with van der Waals surface area (Å²) in [6.07, 6.45) is -0.703. The molecule has 0 spiro atoms. The molecule has 0 heterocycles. The number of Topliss-reactive ketones (excluding diaryl/α,β-unsaturated/α-hetero) is 3. The Kier molecular flexibility index (Phi) is 69.8. The third kappa shape index (κ3) is 73.9. The Morgan fingerprint density at radius 2 is 0.432 bits per heavy atom. The van der Waals surface area contributed by atoms with Gasteiger partial charge in [0, 0.05) is 39.1 Å². The van der Waals surface area contributed by atoms with Gasteiger partial charge in [-0.05, 0) is 235 Å². The summed E-state index contributed by atoms with van der Waals surface area (Å²) in [6, 6.07) is 0. The molecule has 0 aliphatic carbocycles. The first-order valence-electron chi connectivity index (χ1n) is 43.3. The van der Waals surface area contributed by atoms with Crippen molar-refractivity contribution in [1.82, 2.24) is 21.3 Å². The van der Waals surface area contributed by atoms with Crippen LogP contribution in [-0.4, -0.2) is 229 Å². The molecule has 0 unspecified atom stereocenters. The van der Waals surface area contributed by atoms with Gasteiger partial charge in [0.1, 0.15) is 39.1 Å². The van der Waals surface area contributed by atoms with Gasteiger partial charge in [0.05, 0.1) is 122 Å². The number of carbonyl (C=O) groups excluding carboxylic acids is 17. The topological polar surface area (TPSA) is 644 Å². The Labute approximate surface area is 856 Å². The van der Waals surface area contributed by atoms with Crippen LogP contribution in [0.2, 0.25) is 0 Å². The van der Waals surface area contributed by atoms with E-state index < -0.39 is 200 Å². The van der Waals surface area contributed by atoms with E-state index in [1.807, 2.05) is 0 Å². The third-order valence-corrected chi connectivity index (χ3v) is 17.8. The molecule has 0 radical (unpaired) electrons. The van der Waals surface area contributed by atoms with Gasteiger partial charge in [-0.15, -0.1) is 0 Å². The summed E-state index contributed by atoms with van der Waals surface area (Å²) in [5, 5.41) is 46.2. The maximum atomic E-state index is 12.7. The monoisotopic (exact) mass is 2010 g/mol. The number of nitrogens with one attached hydrogen (secondary N) is 4. The number of amides is 4. The van der Waals surface area contributed by atoms with Gasteiger partial charge < -0.3 is 118 Å². The van der Waals surface area contributed by atoms with E-state index in [0.717, 1.165) is 6.92 Å². The van der Waals surface area contributed by atoms with Gasteiger partial charge in [0.25, 0.3) is 0 Å². The molecule has 802 valence electrons. The first-order valence-corrected chi connectivity index (χ1v) is 43.3. The maximum absolute atomic E-state index is 12.7. The van der Waals surface area contributed by atoms with Gasteiger partial charge >= 0.3 is 109 Å². The number of ketones is 3. The first-order chi connectivity index (χ1) is 58.4. The van der Waals surface area contributed by atoms with E-state index in [1.54, 1.807) is 242 Å². The zero-order valence-electron chi connectivity index (χ0n) is 93.4. The minimum atomic E-state index is -1.39. The first kappa shape index (κ1) is 158. The molecule has 0 atom stereocenters. The number of halogens is 1. The molecule has 139 heavy (non-hydrogen) atoms. The maximum Gasteiger partial charge on any atom is 1.00 e. The quantitative estimate of drug-likeness (QED) is 0.0196. The van der Waals surface area contributed by atoms with Gasteiger partial charge in [-0.25, -0.2) is 14.4 Å². The predicted molar refractivity (Wildman–Crippen MR) is 502 cm³/mol. The van der Waals surface area contributed by atoms with Crippen molar-refractivity contribution in [3.63, 3.8) is 0 Å². The Morgan fingerprint density at radius 1 is 0.266 bits per heavy atom. The van der Waals surface area contributed by atoms with Crippen LogP contribution in [0.1, 0.15) is 356 Å². The second kappa shape index (κ2) is 61.3. The van der Waals surface area contributed by atoms with E-state index in [2.05, 4.69) is 48.1 Å². The number of quaternary nitrogens is 1. The van der Waals surface area contributed by atoms with Crippen LogP contribution >= 0.6 is 0 Å². The van der Waals surface area contributed by atoms with Crippen LogP contribution in [0.5, 0.6) is 0 Å². The van der Waals surface area contributed by atoms with Crippen LogP contribution in [0, 0.1) is 55.7 Å². The Bertz CT molecular complexity index is 4040. The average Bonchev–Trinajstić information content (AvgIpc) is 0.826. The number of aliphatic carboxylic acids is 4. The molecular formula is C96H174ClLi2N5O35. The molecule has 0 aromatic carbocycles. The fourth-order valence-electron chi connectivity index (χ4n) is 9.33. The molecule has 0 saturated carbocycles. The Hall–Kier alpha value is -8.77. The van der Waals surface area contributed by atoms with E-state index in [4.69, 9.17) is 53.6 Å². The van der Waals surface area contributed by atoms with Crippen molar-refractivity contribution in [1.29, 1.82) is 0 Å². The van der Waals surface area contributed by atoms with E-state index in [-0.39, 0.29) is 136 Å². The summed E-state index contributed by atoms with van der Waals surface area (Å²) in [6.45, 7) is 75.2. The fraction of sp³-hybridized carbons (Fsp3) is 0.781. The number of methoxy groups -OCH3 is 4. The number of ether oxygens (including phenoxy) is 9. The summed E-state index contributed by atoms with van der Waals surface area (Å²) in [7, 11) is 5.20. The van der Waals surface area contributed by atoms with Crippen molar-refractivity contribution in [2.24, 2.45) is 48.7 Å². The number of carboxylic acids is 4. The van der Waals surface area contributed by atoms with Crippen LogP contribution in [0.4, 0.5) is 0 Å². The standard InChI is InChI=1S/C20H35NO6.C19H33NO6.C15H27NO5.C14H25NO5.C11H19O3.C10H18O4.C5H11NO2.C2H4O2.ClH.2Li.2H2O/c1-17(2,3)27-14(23)12-18(4,5)15(24)21-20(8,9)13(22)11-19(6,7)16(25)26-10;1-16(2,3)26-13(22)11-17(4,5)14(23)20-19(8,9)12(21)10-18(6,7)15(24)25;1-13(2,3)21-10(17)9-14(4,5)11(18)16-15(6,7)12(19)20-8;1-12(2,3)20-9(16)8-13(4,5)10(17)15-14(6,7)11(18)19;1-10(2,3)8(12)7-11(4,5)9(13)14-6;1-9(2,3)14-7(11)6-10(4,5)8(12)13;1-5(2,6)4(7)8-3;1-2(3)4;;;;;/h11-12H2,1-10H3,(H,21,24);10-11H2,1-9H3,(H,20,23)(H,24,25);9H2,1-8H3,(H,16,18);8H2,1-7H3,(H,15,17)(H,18,19);1,7H2,2-6H3;6H2,1-5H3,(H,12,13);6H2,1-3H3;1H3,(H,3,4);1H;;;2*1H2/q;;;;+1;;;;;2*+1;;/p-3. The van der Waals surface area contributed by atoms with Crippen molar-refractivity contribution in [2.75, 3.05) is 28.4 Å². The third-order valence-electron chi connectivity index (χ3n) is 17.8. The molecule has 0 aliphatic heterocycles. The summed E-state index contributed by atoms with van der Waals surface area (Å²) < 4.78 is 44.3. The minimum Gasteiger partial charge on any atom is -1.00 e. The average molecular weight is 2010 g/mol. The molecule has 0 aromatic heterocycles. The normalized spacial score (nSPS) is 12.0. The predicted octanol–water partition coefficient (Wildman–Crippen LogP) is 1.47. The van der Waals surface area contributed by atoms with Gasteiger partial charge in [0.2, 0.25) is 23.6 Å². The zero-order valence-corrected chi connectivity index (χ0v) is 94.2. The SMILES string of the molecule is CC(=O)[O-].CC(C)(C)OC(=O)CC(C)(C)C(=O)NC(C)(C)C(=O)CC(C)(C)C(=O)O.CC(C)(C)OC(=O)CC(C)(C)C(=O)NC(C)(C)C(=O)O.CC(C)(C)OC(=O)CC(C)(C)C(=O)O.COC(=O)C(C)(C)CC(=O)C(C)(C)NC(=O)C(C)(C)CC(=O)OC(C)(C)C.COC(=O)C(C)(C)NC(=O)C(C)(C)CC(=O)OC(C)(C)C.COC(=O)C(C)(C)[NH3+].[CH2+]C(C)(C)C(=O)CC(C)(C)C(=O)OC.[Cl-].[Li+].[Li+].[OH-].[OH-]. The molecule has 40 nitrogen and oxygen atoms in total. The van der Waals surface area contributed by atoms with Crippen LogP contribution in [0.15, 0.2) is 0 Å². The number of esters is 9. The molecule has 0 saturated heterocycles. The van der Waals surface area contributed by atoms with E-state index in [1.165, 1.54) is 83.8 Å². The molecule has 0 rings (SSSR count). The van der Waals surface area contributed by atoms with Crippen LogP contribution in [0.3, 0.4) is 0 Å². The zero-order chi connectivity index (χ0) is 110. The summed E-state index contributed by atoms with van der Waals surface area (Å²) in [5.41, 5.74) is -14.0.